The number of amides is 1. The van der Waals surface area contributed by atoms with E-state index in [1.807, 2.05) is 17.6 Å². The smallest absolute Gasteiger partial charge is 0.243 e. The van der Waals surface area contributed by atoms with E-state index in [-0.39, 0.29) is 13.0 Å². The van der Waals surface area contributed by atoms with Crippen molar-refractivity contribution in [2.75, 3.05) is 29.3 Å². The maximum absolute atomic E-state index is 13.4. The van der Waals surface area contributed by atoms with E-state index in [4.69, 9.17) is 5.73 Å². The fourth-order valence-corrected chi connectivity index (χ4v) is 5.20. The monoisotopic (exact) mass is 507 g/mol. The minimum atomic E-state index is -3.70. The molecule has 10 heteroatoms. The number of rotatable bonds is 9. The van der Waals surface area contributed by atoms with Gasteiger partial charge in [0.1, 0.15) is 6.04 Å². The second-order valence-corrected chi connectivity index (χ2v) is 10.3. The van der Waals surface area contributed by atoms with E-state index >= 15 is 0 Å². The average molecular weight is 508 g/mol. The summed E-state index contributed by atoms with van der Waals surface area (Å²) in [6.45, 7) is 3.52. The maximum atomic E-state index is 13.4. The first-order chi connectivity index (χ1) is 17.1. The van der Waals surface area contributed by atoms with Crippen LogP contribution in [0.3, 0.4) is 0 Å². The van der Waals surface area contributed by atoms with Crippen molar-refractivity contribution in [1.29, 1.82) is 5.26 Å². The van der Waals surface area contributed by atoms with Crippen LogP contribution in [0.25, 0.3) is 11.1 Å². The molecular weight excluding hydrogens is 478 g/mol. The molecule has 0 heterocycles. The molecule has 0 saturated heterocycles. The Morgan fingerprint density at radius 3 is 2.39 bits per heavy atom. The first kappa shape index (κ1) is 26.7. The van der Waals surface area contributed by atoms with E-state index in [2.05, 4.69) is 11.4 Å². The number of hydrogen-bond acceptors (Lipinski definition) is 7. The normalized spacial score (nSPS) is 12.1. The Kier molecular flexibility index (Phi) is 8.32. The number of nitrogens with two attached hydrogens (primary N) is 1. The van der Waals surface area contributed by atoms with Crippen LogP contribution < -0.4 is 16.5 Å². The SMILES string of the molecule is CCN([C@@H](Cc1ccc(NO)c(N)c1C)C(=O)Nc1ccc(-c2ccccc2C#N)cc1)S(C)(=O)=O. The third kappa shape index (κ3) is 5.83. The highest BCUT2D eigenvalue weighted by molar-refractivity contribution is 7.88. The number of carbonyl (C=O) groups is 1. The van der Waals surface area contributed by atoms with Gasteiger partial charge < -0.3 is 11.1 Å². The summed E-state index contributed by atoms with van der Waals surface area (Å²) in [6.07, 6.45) is 1.15. The summed E-state index contributed by atoms with van der Waals surface area (Å²) in [5, 5.41) is 21.4. The first-order valence-corrected chi connectivity index (χ1v) is 13.1. The molecule has 0 aliphatic heterocycles. The van der Waals surface area contributed by atoms with Crippen molar-refractivity contribution in [2.45, 2.75) is 26.3 Å². The van der Waals surface area contributed by atoms with Gasteiger partial charge in [0.25, 0.3) is 0 Å². The van der Waals surface area contributed by atoms with Crippen LogP contribution in [0, 0.1) is 18.3 Å². The van der Waals surface area contributed by atoms with Gasteiger partial charge in [-0.2, -0.15) is 9.57 Å². The van der Waals surface area contributed by atoms with Gasteiger partial charge in [0.2, 0.25) is 15.9 Å². The largest absolute Gasteiger partial charge is 0.397 e. The van der Waals surface area contributed by atoms with E-state index in [0.29, 0.717) is 33.8 Å². The molecule has 0 aliphatic carbocycles. The Balaban J connectivity index is 1.91. The second-order valence-electron chi connectivity index (χ2n) is 8.33. The van der Waals surface area contributed by atoms with Crippen LogP contribution in [-0.2, 0) is 21.2 Å². The molecule has 5 N–H and O–H groups in total. The van der Waals surface area contributed by atoms with Crippen molar-refractivity contribution >= 4 is 33.0 Å². The van der Waals surface area contributed by atoms with Crippen LogP contribution in [0.5, 0.6) is 0 Å². The number of benzene rings is 3. The summed E-state index contributed by atoms with van der Waals surface area (Å²) >= 11 is 0. The van der Waals surface area contributed by atoms with Crippen LogP contribution in [0.15, 0.2) is 60.7 Å². The molecule has 0 aliphatic rings. The van der Waals surface area contributed by atoms with Crippen molar-refractivity contribution in [1.82, 2.24) is 4.31 Å². The molecule has 3 aromatic carbocycles. The molecule has 1 amide bonds. The van der Waals surface area contributed by atoms with Gasteiger partial charge in [-0.1, -0.05) is 43.3 Å². The minimum Gasteiger partial charge on any atom is -0.397 e. The fourth-order valence-electron chi connectivity index (χ4n) is 4.10. The topological polar surface area (TPSA) is 149 Å². The number of hydrogen-bond donors (Lipinski definition) is 4. The molecule has 9 nitrogen and oxygen atoms in total. The zero-order valence-corrected chi connectivity index (χ0v) is 21.1. The molecule has 36 heavy (non-hydrogen) atoms. The van der Waals surface area contributed by atoms with Crippen molar-refractivity contribution in [3.63, 3.8) is 0 Å². The van der Waals surface area contributed by atoms with E-state index in [1.54, 1.807) is 62.4 Å². The molecule has 0 bridgehead atoms. The predicted octanol–water partition coefficient (Wildman–Crippen LogP) is 3.75. The summed E-state index contributed by atoms with van der Waals surface area (Å²) in [6, 6.07) is 18.6. The van der Waals surface area contributed by atoms with E-state index < -0.39 is 22.0 Å². The van der Waals surface area contributed by atoms with Gasteiger partial charge in [0.05, 0.1) is 29.3 Å². The number of anilines is 3. The zero-order chi connectivity index (χ0) is 26.5. The summed E-state index contributed by atoms with van der Waals surface area (Å²) in [4.78, 5) is 13.4. The van der Waals surface area contributed by atoms with Gasteiger partial charge in [-0.3, -0.25) is 15.5 Å². The lowest BCUT2D eigenvalue weighted by Gasteiger charge is -2.28. The van der Waals surface area contributed by atoms with Gasteiger partial charge in [-0.05, 0) is 59.9 Å². The highest BCUT2D eigenvalue weighted by Gasteiger charge is 2.32. The molecule has 0 unspecified atom stereocenters. The number of nitrogens with zero attached hydrogens (tertiary/aromatic N) is 2. The summed E-state index contributed by atoms with van der Waals surface area (Å²) in [5.74, 6) is -0.491. The Bertz CT molecular complexity index is 1400. The molecule has 0 fully saturated rings. The average Bonchev–Trinajstić information content (AvgIpc) is 2.86. The van der Waals surface area contributed by atoms with Gasteiger partial charge in [-0.25, -0.2) is 8.42 Å². The van der Waals surface area contributed by atoms with Gasteiger partial charge in [-0.15, -0.1) is 0 Å². The van der Waals surface area contributed by atoms with Crippen molar-refractivity contribution in [2.24, 2.45) is 0 Å². The van der Waals surface area contributed by atoms with Crippen LogP contribution >= 0.6 is 0 Å². The summed E-state index contributed by atoms with van der Waals surface area (Å²) < 4.78 is 26.2. The number of nitriles is 1. The standard InChI is InChI=1S/C26H29N5O4S/c1-4-31(36(3,34)35)24(15-19-11-14-23(30-33)25(28)17(19)2)26(32)29-21-12-9-18(10-13-21)22-8-6-5-7-20(22)16-27/h5-14,24,30,33H,4,15,28H2,1-3H3,(H,29,32)/t24-/m0/s1. The molecule has 1 atom stereocenters. The third-order valence-electron chi connectivity index (χ3n) is 6.06. The van der Waals surface area contributed by atoms with Crippen LogP contribution in [-0.4, -0.2) is 42.7 Å². The lowest BCUT2D eigenvalue weighted by molar-refractivity contribution is -0.119. The molecule has 0 aromatic heterocycles. The lowest BCUT2D eigenvalue weighted by Crippen LogP contribution is -2.48. The fraction of sp³-hybridized carbons (Fsp3) is 0.231. The molecule has 0 saturated carbocycles. The number of likely N-dealkylation sites (N-methyl/N-ethyl adjacent to an activating group) is 1. The quantitative estimate of drug-likeness (QED) is 0.255. The summed E-state index contributed by atoms with van der Waals surface area (Å²) in [7, 11) is -3.70. The van der Waals surface area contributed by atoms with Crippen LogP contribution in [0.4, 0.5) is 17.1 Å². The highest BCUT2D eigenvalue weighted by atomic mass is 32.2. The van der Waals surface area contributed by atoms with Crippen molar-refractivity contribution in [3.8, 4) is 17.2 Å². The molecule has 188 valence electrons. The lowest BCUT2D eigenvalue weighted by atomic mass is 9.98. The van der Waals surface area contributed by atoms with Crippen LogP contribution in [0.2, 0.25) is 0 Å². The Morgan fingerprint density at radius 1 is 1.14 bits per heavy atom. The number of sulfonamides is 1. The molecule has 0 spiro atoms. The van der Waals surface area contributed by atoms with E-state index in [9.17, 15) is 23.7 Å². The second kappa shape index (κ2) is 11.2. The van der Waals surface area contributed by atoms with Crippen molar-refractivity contribution < 1.29 is 18.4 Å². The molecule has 3 rings (SSSR count). The first-order valence-electron chi connectivity index (χ1n) is 11.3. The van der Waals surface area contributed by atoms with E-state index in [0.717, 1.165) is 21.7 Å². The zero-order valence-electron chi connectivity index (χ0n) is 20.3. The van der Waals surface area contributed by atoms with Crippen LogP contribution in [0.1, 0.15) is 23.6 Å². The van der Waals surface area contributed by atoms with E-state index in [1.165, 1.54) is 0 Å². The number of nitrogens with one attached hydrogen (secondary N) is 2. The van der Waals surface area contributed by atoms with Gasteiger partial charge >= 0.3 is 0 Å². The Hall–Kier alpha value is -3.91. The van der Waals surface area contributed by atoms with Gasteiger partial charge in [0.15, 0.2) is 0 Å². The Labute approximate surface area is 211 Å². The number of nitrogen functional groups attached to an aromatic ring is 1. The molecule has 3 aromatic rings. The Morgan fingerprint density at radius 2 is 1.81 bits per heavy atom. The molecule has 0 radical (unpaired) electrons. The number of carbonyl (C=O) groups excluding carboxylic acids is 1. The van der Waals surface area contributed by atoms with Crippen molar-refractivity contribution in [3.05, 3.63) is 77.4 Å². The third-order valence-corrected chi connectivity index (χ3v) is 7.42. The maximum Gasteiger partial charge on any atom is 0.243 e. The van der Waals surface area contributed by atoms with Gasteiger partial charge in [0, 0.05) is 12.2 Å². The highest BCUT2D eigenvalue weighted by Crippen LogP contribution is 2.28. The predicted molar refractivity (Wildman–Crippen MR) is 141 cm³/mol. The summed E-state index contributed by atoms with van der Waals surface area (Å²) in [5.41, 5.74) is 12.7. The molecular formula is C26H29N5O4S. The minimum absolute atomic E-state index is 0.0854.